The van der Waals surface area contributed by atoms with Crippen molar-refractivity contribution in [3.63, 3.8) is 0 Å². The van der Waals surface area contributed by atoms with E-state index in [0.717, 1.165) is 16.9 Å². The molecule has 5 atom stereocenters. The molecule has 2 fully saturated rings. The molecule has 2 aliphatic carbocycles. The number of phenols is 1. The van der Waals surface area contributed by atoms with Crippen molar-refractivity contribution in [3.8, 4) is 5.75 Å². The van der Waals surface area contributed by atoms with Crippen molar-refractivity contribution in [2.75, 3.05) is 0 Å². The standard InChI is InChI=1S/C17H17NO2S2/c19-11-5-3-8(4-6-11)12-13-9-1-2-10(7-9)14(13)21-16-15(12)22-17(20)18-16/h3-6,9-10,12-14,19H,1-2,7H2,(H,18,20)/t9-,10-,12-,13+,14-/m0/s1. The number of H-pyrrole nitrogens is 1. The van der Waals surface area contributed by atoms with E-state index >= 15 is 0 Å². The maximum Gasteiger partial charge on any atom is 0.305 e. The Morgan fingerprint density at radius 2 is 1.91 bits per heavy atom. The largest absolute Gasteiger partial charge is 0.508 e. The average Bonchev–Trinajstić information content (AvgIpc) is 3.19. The Morgan fingerprint density at radius 3 is 2.73 bits per heavy atom. The van der Waals surface area contributed by atoms with Crippen LogP contribution in [0.4, 0.5) is 0 Å². The summed E-state index contributed by atoms with van der Waals surface area (Å²) in [6.45, 7) is 0. The lowest BCUT2D eigenvalue weighted by atomic mass is 9.75. The van der Waals surface area contributed by atoms with Gasteiger partial charge in [-0.3, -0.25) is 4.79 Å². The molecule has 2 N–H and O–H groups in total. The molecule has 114 valence electrons. The van der Waals surface area contributed by atoms with Crippen LogP contribution < -0.4 is 4.87 Å². The number of hydrogen-bond donors (Lipinski definition) is 2. The Labute approximate surface area is 136 Å². The second kappa shape index (κ2) is 4.65. The predicted octanol–water partition coefficient (Wildman–Crippen LogP) is 3.79. The van der Waals surface area contributed by atoms with E-state index in [9.17, 15) is 9.90 Å². The average molecular weight is 331 g/mol. The zero-order valence-electron chi connectivity index (χ0n) is 12.0. The molecule has 0 saturated heterocycles. The minimum Gasteiger partial charge on any atom is -0.508 e. The van der Waals surface area contributed by atoms with Crippen molar-refractivity contribution in [2.45, 2.75) is 35.5 Å². The van der Waals surface area contributed by atoms with Crippen molar-refractivity contribution >= 4 is 23.1 Å². The zero-order chi connectivity index (χ0) is 14.8. The first-order valence-corrected chi connectivity index (χ1v) is 9.59. The van der Waals surface area contributed by atoms with Gasteiger partial charge in [-0.25, -0.2) is 0 Å². The van der Waals surface area contributed by atoms with Gasteiger partial charge >= 0.3 is 4.87 Å². The first-order valence-electron chi connectivity index (χ1n) is 7.89. The number of benzene rings is 1. The molecule has 2 heterocycles. The van der Waals surface area contributed by atoms with Crippen molar-refractivity contribution in [2.24, 2.45) is 17.8 Å². The number of thiazole rings is 1. The van der Waals surface area contributed by atoms with Crippen LogP contribution in [0.2, 0.25) is 0 Å². The second-order valence-corrected chi connectivity index (χ2v) is 8.97. The van der Waals surface area contributed by atoms with Gasteiger partial charge in [0.15, 0.2) is 0 Å². The van der Waals surface area contributed by atoms with Crippen LogP contribution in [0.3, 0.4) is 0 Å². The Bertz CT molecular complexity index is 779. The Balaban J connectivity index is 1.68. The molecule has 3 nitrogen and oxygen atoms in total. The molecule has 3 aliphatic rings. The summed E-state index contributed by atoms with van der Waals surface area (Å²) >= 11 is 3.30. The van der Waals surface area contributed by atoms with Gasteiger partial charge < -0.3 is 10.1 Å². The summed E-state index contributed by atoms with van der Waals surface area (Å²) in [4.78, 5) is 16.2. The van der Waals surface area contributed by atoms with Gasteiger partial charge in [0.1, 0.15) is 5.75 Å². The smallest absolute Gasteiger partial charge is 0.305 e. The number of nitrogens with one attached hydrogen (secondary N) is 1. The summed E-state index contributed by atoms with van der Waals surface area (Å²) in [6.07, 6.45) is 4.05. The number of hydrogen-bond acceptors (Lipinski definition) is 4. The fourth-order valence-corrected chi connectivity index (χ4v) is 7.80. The van der Waals surface area contributed by atoms with Crippen LogP contribution in [0.25, 0.3) is 0 Å². The molecule has 0 amide bonds. The van der Waals surface area contributed by atoms with Gasteiger partial charge in [-0.1, -0.05) is 23.5 Å². The van der Waals surface area contributed by atoms with Crippen LogP contribution >= 0.6 is 23.1 Å². The molecule has 0 unspecified atom stereocenters. The normalized spacial score (nSPS) is 35.4. The molecule has 2 saturated carbocycles. The SMILES string of the molecule is O=c1[nH]c2c(s1)[C@@H](c1ccc(O)cc1)[C@H]1[C@H]3CC[C@@H](C3)[C@@H]1S2. The van der Waals surface area contributed by atoms with Crippen LogP contribution in [0, 0.1) is 17.8 Å². The van der Waals surface area contributed by atoms with Gasteiger partial charge in [0.25, 0.3) is 0 Å². The quantitative estimate of drug-likeness (QED) is 0.836. The molecule has 1 aromatic carbocycles. The van der Waals surface area contributed by atoms with Crippen molar-refractivity contribution < 1.29 is 5.11 Å². The van der Waals surface area contributed by atoms with Gasteiger partial charge in [-0.15, -0.1) is 11.8 Å². The van der Waals surface area contributed by atoms with E-state index in [2.05, 4.69) is 4.98 Å². The first-order chi connectivity index (χ1) is 10.7. The zero-order valence-corrected chi connectivity index (χ0v) is 13.6. The maximum absolute atomic E-state index is 11.9. The summed E-state index contributed by atoms with van der Waals surface area (Å²) in [5, 5.41) is 11.3. The van der Waals surface area contributed by atoms with Crippen molar-refractivity contribution in [1.29, 1.82) is 0 Å². The molecule has 22 heavy (non-hydrogen) atoms. The highest BCUT2D eigenvalue weighted by Crippen LogP contribution is 2.63. The monoisotopic (exact) mass is 331 g/mol. The van der Waals surface area contributed by atoms with E-state index in [1.54, 1.807) is 12.1 Å². The minimum absolute atomic E-state index is 0.0635. The lowest BCUT2D eigenvalue weighted by Gasteiger charge is -2.40. The first kappa shape index (κ1) is 13.3. The van der Waals surface area contributed by atoms with Crippen LogP contribution in [-0.4, -0.2) is 15.3 Å². The predicted molar refractivity (Wildman–Crippen MR) is 88.9 cm³/mol. The Kier molecular flexibility index (Phi) is 2.80. The summed E-state index contributed by atoms with van der Waals surface area (Å²) in [5.74, 6) is 2.89. The van der Waals surface area contributed by atoms with E-state index in [0.29, 0.717) is 22.8 Å². The van der Waals surface area contributed by atoms with Gasteiger partial charge in [0.2, 0.25) is 0 Å². The van der Waals surface area contributed by atoms with E-state index in [1.165, 1.54) is 41.0 Å². The molecule has 1 aliphatic heterocycles. The number of fused-ring (bicyclic) bond motifs is 6. The molecule has 0 spiro atoms. The summed E-state index contributed by atoms with van der Waals surface area (Å²) < 4.78 is 0. The highest BCUT2D eigenvalue weighted by Gasteiger charge is 2.54. The van der Waals surface area contributed by atoms with Crippen molar-refractivity contribution in [3.05, 3.63) is 44.4 Å². The van der Waals surface area contributed by atoms with Crippen LogP contribution in [0.1, 0.15) is 35.6 Å². The maximum atomic E-state index is 11.9. The van der Waals surface area contributed by atoms with Crippen LogP contribution in [0.15, 0.2) is 34.1 Å². The number of rotatable bonds is 1. The number of aromatic hydroxyl groups is 1. The van der Waals surface area contributed by atoms with Crippen molar-refractivity contribution in [1.82, 2.24) is 4.98 Å². The highest BCUT2D eigenvalue weighted by molar-refractivity contribution is 8.00. The number of thioether (sulfide) groups is 1. The molecular formula is C17H17NO2S2. The molecule has 5 heteroatoms. The summed E-state index contributed by atoms with van der Waals surface area (Å²) in [5.41, 5.74) is 1.25. The minimum atomic E-state index is 0.0635. The number of phenolic OH excluding ortho intramolecular Hbond substituents is 1. The molecule has 5 rings (SSSR count). The van der Waals surface area contributed by atoms with E-state index in [1.807, 2.05) is 23.9 Å². The molecule has 0 radical (unpaired) electrons. The molecule has 2 aromatic rings. The fraction of sp³-hybridized carbons (Fsp3) is 0.471. The second-order valence-electron chi connectivity index (χ2n) is 6.77. The number of aromatic nitrogens is 1. The third-order valence-electron chi connectivity index (χ3n) is 5.72. The highest BCUT2D eigenvalue weighted by atomic mass is 32.2. The topological polar surface area (TPSA) is 53.1 Å². The third kappa shape index (κ3) is 1.78. The van der Waals surface area contributed by atoms with E-state index in [-0.39, 0.29) is 4.87 Å². The van der Waals surface area contributed by atoms with Gasteiger partial charge in [0, 0.05) is 16.0 Å². The lowest BCUT2D eigenvalue weighted by Crippen LogP contribution is -2.33. The Hall–Kier alpha value is -1.20. The lowest BCUT2D eigenvalue weighted by molar-refractivity contribution is 0.307. The third-order valence-corrected chi connectivity index (χ3v) is 8.34. The van der Waals surface area contributed by atoms with E-state index in [4.69, 9.17) is 0 Å². The van der Waals surface area contributed by atoms with E-state index < -0.39 is 0 Å². The Morgan fingerprint density at radius 1 is 1.14 bits per heavy atom. The summed E-state index contributed by atoms with van der Waals surface area (Å²) in [6, 6.07) is 7.61. The molecule has 1 aromatic heterocycles. The van der Waals surface area contributed by atoms with Gasteiger partial charge in [0.05, 0.1) is 5.03 Å². The van der Waals surface area contributed by atoms with Crippen LogP contribution in [-0.2, 0) is 0 Å². The fourth-order valence-electron chi connectivity index (χ4n) is 4.90. The molecular weight excluding hydrogens is 314 g/mol. The van der Waals surface area contributed by atoms with Gasteiger partial charge in [-0.05, 0) is 54.7 Å². The van der Waals surface area contributed by atoms with Gasteiger partial charge in [-0.2, -0.15) is 0 Å². The van der Waals surface area contributed by atoms with Crippen LogP contribution in [0.5, 0.6) is 5.75 Å². The number of aromatic amines is 1. The molecule has 2 bridgehead atoms. The summed E-state index contributed by atoms with van der Waals surface area (Å²) in [7, 11) is 0.